The lowest BCUT2D eigenvalue weighted by Crippen LogP contribution is -3.08. The zero-order valence-corrected chi connectivity index (χ0v) is 15.9. The van der Waals surface area contributed by atoms with Crippen molar-refractivity contribution in [3.05, 3.63) is 71.0 Å². The van der Waals surface area contributed by atoms with E-state index in [0.717, 1.165) is 21.7 Å². The van der Waals surface area contributed by atoms with E-state index in [1.165, 1.54) is 12.1 Å². The molecule has 1 heterocycles. The molecule has 0 saturated carbocycles. The smallest absolute Gasteiger partial charge is 0.280 e. The fourth-order valence-electron chi connectivity index (χ4n) is 2.82. The summed E-state index contributed by atoms with van der Waals surface area (Å²) in [5.74, 6) is 0.252. The summed E-state index contributed by atoms with van der Waals surface area (Å²) in [5, 5.41) is 7.99. The maximum Gasteiger partial charge on any atom is 0.280 e. The number of halogens is 2. The van der Waals surface area contributed by atoms with Crippen molar-refractivity contribution in [1.82, 2.24) is 9.78 Å². The van der Waals surface area contributed by atoms with E-state index in [1.54, 1.807) is 36.0 Å². The highest BCUT2D eigenvalue weighted by Gasteiger charge is 2.14. The molecule has 1 amide bonds. The summed E-state index contributed by atoms with van der Waals surface area (Å²) in [6.07, 6.45) is 0. The van der Waals surface area contributed by atoms with E-state index in [2.05, 4.69) is 10.4 Å². The van der Waals surface area contributed by atoms with Gasteiger partial charge in [-0.05, 0) is 24.3 Å². The number of aryl methyl sites for hydroxylation is 1. The first-order valence-corrected chi connectivity index (χ1v) is 8.94. The van der Waals surface area contributed by atoms with E-state index in [9.17, 15) is 9.18 Å². The van der Waals surface area contributed by atoms with Crippen molar-refractivity contribution in [1.29, 1.82) is 0 Å². The Morgan fingerprint density at radius 1 is 1.19 bits per heavy atom. The largest absolute Gasteiger partial charge is 0.326 e. The van der Waals surface area contributed by atoms with Gasteiger partial charge < -0.3 is 10.2 Å². The average Bonchev–Trinajstić information content (AvgIpc) is 2.98. The first kappa shape index (κ1) is 19.1. The van der Waals surface area contributed by atoms with Gasteiger partial charge in [-0.3, -0.25) is 9.48 Å². The zero-order chi connectivity index (χ0) is 19.4. The van der Waals surface area contributed by atoms with Crippen molar-refractivity contribution in [2.24, 2.45) is 7.05 Å². The van der Waals surface area contributed by atoms with Crippen LogP contribution < -0.4 is 10.2 Å². The van der Waals surface area contributed by atoms with E-state index in [4.69, 9.17) is 11.6 Å². The zero-order valence-electron chi connectivity index (χ0n) is 15.2. The van der Waals surface area contributed by atoms with Crippen LogP contribution in [0.25, 0.3) is 11.3 Å². The number of hydrogen-bond donors (Lipinski definition) is 2. The second kappa shape index (κ2) is 8.33. The predicted molar refractivity (Wildman–Crippen MR) is 104 cm³/mol. The molecular formula is C20H21ClFN4O+. The van der Waals surface area contributed by atoms with Gasteiger partial charge in [-0.25, -0.2) is 4.39 Å². The average molecular weight is 388 g/mol. The van der Waals surface area contributed by atoms with Gasteiger partial charge in [0.1, 0.15) is 18.2 Å². The molecule has 0 saturated heterocycles. The van der Waals surface area contributed by atoms with Crippen LogP contribution in [0.4, 0.5) is 10.2 Å². The lowest BCUT2D eigenvalue weighted by Gasteiger charge is -2.13. The number of hydrogen-bond acceptors (Lipinski definition) is 2. The van der Waals surface area contributed by atoms with E-state index in [-0.39, 0.29) is 11.7 Å². The van der Waals surface area contributed by atoms with Crippen LogP contribution in [-0.2, 0) is 18.4 Å². The molecule has 140 valence electrons. The van der Waals surface area contributed by atoms with Crippen molar-refractivity contribution < 1.29 is 14.1 Å². The molecular weight excluding hydrogens is 367 g/mol. The maximum absolute atomic E-state index is 13.0. The Hall–Kier alpha value is -2.70. The van der Waals surface area contributed by atoms with Crippen molar-refractivity contribution >= 4 is 23.3 Å². The third-order valence-electron chi connectivity index (χ3n) is 4.17. The summed E-state index contributed by atoms with van der Waals surface area (Å²) < 4.78 is 14.6. The molecule has 1 atom stereocenters. The summed E-state index contributed by atoms with van der Waals surface area (Å²) in [6.45, 7) is 0.925. The maximum atomic E-state index is 13.0. The quantitative estimate of drug-likeness (QED) is 0.683. The fraction of sp³-hybridized carbons (Fsp3) is 0.200. The van der Waals surface area contributed by atoms with Gasteiger partial charge in [0.2, 0.25) is 0 Å². The number of quaternary nitrogens is 1. The number of aromatic nitrogens is 2. The molecule has 5 nitrogen and oxygen atoms in total. The van der Waals surface area contributed by atoms with E-state index >= 15 is 0 Å². The number of nitrogens with one attached hydrogen (secondary N) is 2. The molecule has 27 heavy (non-hydrogen) atoms. The highest BCUT2D eigenvalue weighted by molar-refractivity contribution is 6.30. The standard InChI is InChI=1S/C20H20ClFN4O/c1-25(12-14-3-9-17(22)10-4-14)13-20(27)23-19-11-18(24-26(19)2)15-5-7-16(21)8-6-15/h3-11H,12-13H2,1-2H3,(H,23,27)/p+1. The number of anilines is 1. The summed E-state index contributed by atoms with van der Waals surface area (Å²) in [4.78, 5) is 13.4. The lowest BCUT2D eigenvalue weighted by atomic mass is 10.1. The molecule has 1 aromatic heterocycles. The summed E-state index contributed by atoms with van der Waals surface area (Å²) in [6, 6.07) is 15.5. The monoisotopic (exact) mass is 387 g/mol. The summed E-state index contributed by atoms with van der Waals surface area (Å²) in [5.41, 5.74) is 2.67. The van der Waals surface area contributed by atoms with Gasteiger partial charge in [-0.2, -0.15) is 5.10 Å². The number of nitrogens with zero attached hydrogens (tertiary/aromatic N) is 2. The molecule has 0 spiro atoms. The Labute approximate surface area is 162 Å². The Morgan fingerprint density at radius 2 is 1.85 bits per heavy atom. The molecule has 0 aliphatic rings. The van der Waals surface area contributed by atoms with Crippen LogP contribution in [0.1, 0.15) is 5.56 Å². The van der Waals surface area contributed by atoms with Crippen LogP contribution in [0, 0.1) is 5.82 Å². The van der Waals surface area contributed by atoms with Gasteiger partial charge in [0.25, 0.3) is 5.91 Å². The van der Waals surface area contributed by atoms with Crippen molar-refractivity contribution in [3.63, 3.8) is 0 Å². The molecule has 7 heteroatoms. The summed E-state index contributed by atoms with van der Waals surface area (Å²) >= 11 is 5.92. The minimum Gasteiger partial charge on any atom is -0.326 e. The van der Waals surface area contributed by atoms with E-state index in [1.807, 2.05) is 25.2 Å². The Balaban J connectivity index is 1.60. The second-order valence-corrected chi connectivity index (χ2v) is 6.97. The first-order valence-electron chi connectivity index (χ1n) is 8.56. The molecule has 0 aliphatic carbocycles. The molecule has 1 unspecified atom stereocenters. The van der Waals surface area contributed by atoms with Crippen LogP contribution in [-0.4, -0.2) is 29.3 Å². The first-order chi connectivity index (χ1) is 12.9. The number of carbonyl (C=O) groups is 1. The number of likely N-dealkylation sites (N-methyl/N-ethyl adjacent to an activating group) is 1. The van der Waals surface area contributed by atoms with Gasteiger partial charge in [0, 0.05) is 29.3 Å². The van der Waals surface area contributed by atoms with Gasteiger partial charge in [-0.15, -0.1) is 0 Å². The number of amides is 1. The molecule has 2 aromatic carbocycles. The van der Waals surface area contributed by atoms with Crippen LogP contribution in [0.5, 0.6) is 0 Å². The molecule has 0 bridgehead atoms. The number of rotatable bonds is 6. The normalized spacial score (nSPS) is 12.0. The van der Waals surface area contributed by atoms with Crippen LogP contribution in [0.15, 0.2) is 54.6 Å². The molecule has 0 fully saturated rings. The van der Waals surface area contributed by atoms with Gasteiger partial charge in [0.05, 0.1) is 12.7 Å². The minimum absolute atomic E-state index is 0.111. The van der Waals surface area contributed by atoms with E-state index in [0.29, 0.717) is 23.9 Å². The molecule has 3 aromatic rings. The fourth-order valence-corrected chi connectivity index (χ4v) is 2.95. The highest BCUT2D eigenvalue weighted by Crippen LogP contribution is 2.22. The highest BCUT2D eigenvalue weighted by atomic mass is 35.5. The molecule has 0 aliphatic heterocycles. The van der Waals surface area contributed by atoms with Crippen LogP contribution >= 0.6 is 11.6 Å². The minimum atomic E-state index is -0.262. The Morgan fingerprint density at radius 3 is 2.52 bits per heavy atom. The van der Waals surface area contributed by atoms with Gasteiger partial charge in [0.15, 0.2) is 6.54 Å². The Bertz CT molecular complexity index is 922. The Kier molecular flexibility index (Phi) is 5.88. The molecule has 0 radical (unpaired) electrons. The topological polar surface area (TPSA) is 51.4 Å². The van der Waals surface area contributed by atoms with Gasteiger partial charge >= 0.3 is 0 Å². The predicted octanol–water partition coefficient (Wildman–Crippen LogP) is 2.53. The summed E-state index contributed by atoms with van der Waals surface area (Å²) in [7, 11) is 3.70. The van der Waals surface area contributed by atoms with Crippen LogP contribution in [0.2, 0.25) is 5.02 Å². The third-order valence-corrected chi connectivity index (χ3v) is 4.42. The molecule has 2 N–H and O–H groups in total. The van der Waals surface area contributed by atoms with E-state index < -0.39 is 0 Å². The second-order valence-electron chi connectivity index (χ2n) is 6.53. The van der Waals surface area contributed by atoms with Gasteiger partial charge in [-0.1, -0.05) is 35.9 Å². The lowest BCUT2D eigenvalue weighted by molar-refractivity contribution is -0.885. The van der Waals surface area contributed by atoms with Crippen molar-refractivity contribution in [2.75, 3.05) is 18.9 Å². The number of benzene rings is 2. The van der Waals surface area contributed by atoms with Crippen LogP contribution in [0.3, 0.4) is 0 Å². The van der Waals surface area contributed by atoms with Crippen molar-refractivity contribution in [2.45, 2.75) is 6.54 Å². The third kappa shape index (κ3) is 5.15. The number of carbonyl (C=O) groups excluding carboxylic acids is 1. The molecule has 3 rings (SSSR count). The SMILES string of the molecule is Cn1nc(-c2ccc(Cl)cc2)cc1NC(=O)C[NH+](C)Cc1ccc(F)cc1. The van der Waals surface area contributed by atoms with Crippen molar-refractivity contribution in [3.8, 4) is 11.3 Å².